The minimum Gasteiger partial charge on any atom is -0.389 e. The van der Waals surface area contributed by atoms with Gasteiger partial charge >= 0.3 is 0 Å². The molecular weight excluding hydrogens is 224 g/mol. The zero-order valence-corrected chi connectivity index (χ0v) is 11.9. The highest BCUT2D eigenvalue weighted by molar-refractivity contribution is 5.12. The summed E-state index contributed by atoms with van der Waals surface area (Å²) in [5.74, 6) is 0.822. The van der Waals surface area contributed by atoms with Crippen LogP contribution in [0.25, 0.3) is 0 Å². The monoisotopic (exact) mass is 250 g/mol. The van der Waals surface area contributed by atoms with Gasteiger partial charge in [0.25, 0.3) is 0 Å². The maximum Gasteiger partial charge on any atom is 0.0703 e. The Morgan fingerprint density at radius 3 is 2.61 bits per heavy atom. The lowest BCUT2D eigenvalue weighted by Gasteiger charge is -2.35. The van der Waals surface area contributed by atoms with Gasteiger partial charge in [-0.2, -0.15) is 5.10 Å². The predicted octanol–water partition coefficient (Wildman–Crippen LogP) is 3.09. The topological polar surface area (TPSA) is 38.1 Å². The molecule has 0 aromatic carbocycles. The van der Waals surface area contributed by atoms with E-state index in [0.29, 0.717) is 0 Å². The van der Waals surface area contributed by atoms with Crippen molar-refractivity contribution >= 4 is 0 Å². The largest absolute Gasteiger partial charge is 0.389 e. The molecule has 1 N–H and O–H groups in total. The molecule has 2 rings (SSSR count). The van der Waals surface area contributed by atoms with Gasteiger partial charge in [0.05, 0.1) is 11.3 Å². The molecule has 0 bridgehead atoms. The van der Waals surface area contributed by atoms with Crippen LogP contribution in [0, 0.1) is 12.8 Å². The van der Waals surface area contributed by atoms with E-state index in [2.05, 4.69) is 25.0 Å². The first-order chi connectivity index (χ1) is 8.56. The second-order valence-corrected chi connectivity index (χ2v) is 5.85. The van der Waals surface area contributed by atoms with Gasteiger partial charge in [0, 0.05) is 18.7 Å². The number of nitrogens with zero attached hydrogens (tertiary/aromatic N) is 2. The molecule has 102 valence electrons. The lowest BCUT2D eigenvalue weighted by molar-refractivity contribution is -0.0108. The first-order valence-electron chi connectivity index (χ1n) is 7.32. The van der Waals surface area contributed by atoms with Crippen LogP contribution in [0.4, 0.5) is 0 Å². The molecular formula is C15H26N2O. The van der Waals surface area contributed by atoms with Crippen LogP contribution in [0.5, 0.6) is 0 Å². The fraction of sp³-hybridized carbons (Fsp3) is 0.800. The number of hydrogen-bond donors (Lipinski definition) is 1. The summed E-state index contributed by atoms with van der Waals surface area (Å²) < 4.78 is 2.03. The molecule has 0 aliphatic heterocycles. The van der Waals surface area contributed by atoms with E-state index in [1.807, 2.05) is 11.6 Å². The van der Waals surface area contributed by atoms with Crippen molar-refractivity contribution in [2.75, 3.05) is 0 Å². The minimum atomic E-state index is -0.495. The summed E-state index contributed by atoms with van der Waals surface area (Å²) in [6.45, 7) is 7.27. The van der Waals surface area contributed by atoms with Gasteiger partial charge < -0.3 is 5.11 Å². The van der Waals surface area contributed by atoms with Gasteiger partial charge in [-0.25, -0.2) is 0 Å². The number of aliphatic hydroxyl groups is 1. The van der Waals surface area contributed by atoms with Crippen molar-refractivity contribution < 1.29 is 5.11 Å². The number of hydrogen-bond acceptors (Lipinski definition) is 2. The van der Waals surface area contributed by atoms with Gasteiger partial charge in [0.15, 0.2) is 0 Å². The van der Waals surface area contributed by atoms with Gasteiger partial charge in [-0.05, 0) is 51.5 Å². The van der Waals surface area contributed by atoms with Crippen LogP contribution in [-0.4, -0.2) is 20.5 Å². The van der Waals surface area contributed by atoms with Crippen molar-refractivity contribution in [3.8, 4) is 0 Å². The van der Waals surface area contributed by atoms with E-state index < -0.39 is 5.60 Å². The Bertz CT molecular complexity index is 389. The third-order valence-corrected chi connectivity index (χ3v) is 4.41. The average molecular weight is 250 g/mol. The molecule has 1 aromatic rings. The van der Waals surface area contributed by atoms with E-state index in [1.165, 1.54) is 25.0 Å². The van der Waals surface area contributed by atoms with E-state index in [-0.39, 0.29) is 0 Å². The first-order valence-corrected chi connectivity index (χ1v) is 7.32. The molecule has 3 nitrogen and oxygen atoms in total. The summed E-state index contributed by atoms with van der Waals surface area (Å²) in [6, 6.07) is 2.12. The van der Waals surface area contributed by atoms with Crippen molar-refractivity contribution in [1.29, 1.82) is 0 Å². The molecule has 1 heterocycles. The van der Waals surface area contributed by atoms with Crippen molar-refractivity contribution in [2.24, 2.45) is 5.92 Å². The maximum atomic E-state index is 10.7. The molecule has 0 radical (unpaired) electrons. The second-order valence-electron chi connectivity index (χ2n) is 5.85. The van der Waals surface area contributed by atoms with Crippen LogP contribution in [0.15, 0.2) is 6.07 Å². The second kappa shape index (κ2) is 5.43. The minimum absolute atomic E-state index is 0.495. The average Bonchev–Trinajstić information content (AvgIpc) is 2.70. The highest BCUT2D eigenvalue weighted by atomic mass is 16.3. The Labute approximate surface area is 110 Å². The van der Waals surface area contributed by atoms with Crippen molar-refractivity contribution in [3.63, 3.8) is 0 Å². The molecule has 0 spiro atoms. The molecule has 3 heteroatoms. The molecule has 1 fully saturated rings. The first kappa shape index (κ1) is 13.6. The van der Waals surface area contributed by atoms with E-state index in [4.69, 9.17) is 0 Å². The molecule has 18 heavy (non-hydrogen) atoms. The lowest BCUT2D eigenvalue weighted by Crippen LogP contribution is -2.36. The van der Waals surface area contributed by atoms with Crippen molar-refractivity contribution in [1.82, 2.24) is 9.78 Å². The van der Waals surface area contributed by atoms with Crippen LogP contribution in [0.2, 0.25) is 0 Å². The normalized spacial score (nSPS) is 28.6. The molecule has 1 aromatic heterocycles. The number of aromatic nitrogens is 2. The Morgan fingerprint density at radius 2 is 2.06 bits per heavy atom. The molecule has 0 atom stereocenters. The quantitative estimate of drug-likeness (QED) is 0.891. The number of rotatable bonds is 4. The van der Waals surface area contributed by atoms with Gasteiger partial charge in [-0.1, -0.05) is 13.3 Å². The number of aryl methyl sites for hydroxylation is 2. The van der Waals surface area contributed by atoms with Crippen molar-refractivity contribution in [2.45, 2.75) is 71.4 Å². The molecule has 0 unspecified atom stereocenters. The SMILES string of the molecule is CCC1CCC(O)(Cc2cc(C)nn2CC)CC1. The van der Waals surface area contributed by atoms with Gasteiger partial charge in [0.1, 0.15) is 0 Å². The summed E-state index contributed by atoms with van der Waals surface area (Å²) in [6.07, 6.45) is 6.25. The molecule has 1 saturated carbocycles. The van der Waals surface area contributed by atoms with Crippen LogP contribution in [0.1, 0.15) is 57.3 Å². The molecule has 1 aliphatic rings. The van der Waals surface area contributed by atoms with Crippen LogP contribution in [-0.2, 0) is 13.0 Å². The van der Waals surface area contributed by atoms with Crippen LogP contribution < -0.4 is 0 Å². The van der Waals surface area contributed by atoms with Gasteiger partial charge in [0.2, 0.25) is 0 Å². The van der Waals surface area contributed by atoms with Crippen LogP contribution >= 0.6 is 0 Å². The van der Waals surface area contributed by atoms with E-state index in [1.54, 1.807) is 0 Å². The molecule has 0 amide bonds. The van der Waals surface area contributed by atoms with Gasteiger partial charge in [-0.15, -0.1) is 0 Å². The summed E-state index contributed by atoms with van der Waals surface area (Å²) in [5, 5.41) is 15.2. The Balaban J connectivity index is 2.04. The smallest absolute Gasteiger partial charge is 0.0703 e. The summed E-state index contributed by atoms with van der Waals surface area (Å²) in [4.78, 5) is 0. The van der Waals surface area contributed by atoms with Crippen LogP contribution in [0.3, 0.4) is 0 Å². The lowest BCUT2D eigenvalue weighted by atomic mass is 9.76. The summed E-state index contributed by atoms with van der Waals surface area (Å²) in [5.41, 5.74) is 1.75. The third kappa shape index (κ3) is 2.94. The van der Waals surface area contributed by atoms with E-state index >= 15 is 0 Å². The van der Waals surface area contributed by atoms with Crippen molar-refractivity contribution in [3.05, 3.63) is 17.5 Å². The highest BCUT2D eigenvalue weighted by Crippen LogP contribution is 2.35. The predicted molar refractivity (Wildman–Crippen MR) is 73.5 cm³/mol. The molecule has 0 saturated heterocycles. The highest BCUT2D eigenvalue weighted by Gasteiger charge is 2.33. The Kier molecular flexibility index (Phi) is 4.10. The zero-order valence-electron chi connectivity index (χ0n) is 11.9. The Hall–Kier alpha value is -0.830. The standard InChI is InChI=1S/C15H26N2O/c1-4-13-6-8-15(18,9-7-13)11-14-10-12(3)16-17(14)5-2/h10,13,18H,4-9,11H2,1-3H3. The fourth-order valence-electron chi connectivity index (χ4n) is 3.15. The summed E-state index contributed by atoms with van der Waals surface area (Å²) in [7, 11) is 0. The third-order valence-electron chi connectivity index (χ3n) is 4.41. The van der Waals surface area contributed by atoms with E-state index in [9.17, 15) is 5.11 Å². The zero-order chi connectivity index (χ0) is 13.2. The fourth-order valence-corrected chi connectivity index (χ4v) is 3.15. The summed E-state index contributed by atoms with van der Waals surface area (Å²) >= 11 is 0. The molecule has 1 aliphatic carbocycles. The van der Waals surface area contributed by atoms with Gasteiger partial charge in [-0.3, -0.25) is 4.68 Å². The van der Waals surface area contributed by atoms with E-state index in [0.717, 1.165) is 37.4 Å². The Morgan fingerprint density at radius 1 is 1.39 bits per heavy atom. The maximum absolute atomic E-state index is 10.7.